The second-order valence-corrected chi connectivity index (χ2v) is 7.44. The first-order chi connectivity index (χ1) is 12.7. The van der Waals surface area contributed by atoms with Crippen LogP contribution in [0.1, 0.15) is 16.8 Å². The van der Waals surface area contributed by atoms with Crippen molar-refractivity contribution in [3.8, 4) is 11.1 Å². The number of amides is 1. The number of nitrogens with zero attached hydrogens (tertiary/aromatic N) is 2. The molecule has 5 heteroatoms. The molecule has 0 saturated carbocycles. The molecule has 4 nitrogen and oxygen atoms in total. The molecule has 2 fully saturated rings. The van der Waals surface area contributed by atoms with Crippen molar-refractivity contribution in [2.24, 2.45) is 0 Å². The minimum Gasteiger partial charge on any atom is -0.336 e. The van der Waals surface area contributed by atoms with Gasteiger partial charge in [-0.1, -0.05) is 41.9 Å². The molecule has 2 saturated heterocycles. The van der Waals surface area contributed by atoms with Gasteiger partial charge >= 0.3 is 0 Å². The highest BCUT2D eigenvalue weighted by molar-refractivity contribution is 6.33. The van der Waals surface area contributed by atoms with E-state index < -0.39 is 0 Å². The van der Waals surface area contributed by atoms with Crippen molar-refractivity contribution in [1.82, 2.24) is 15.1 Å². The molecule has 1 unspecified atom stereocenters. The summed E-state index contributed by atoms with van der Waals surface area (Å²) in [6, 6.07) is 16.2. The van der Waals surface area contributed by atoms with E-state index in [1.807, 2.05) is 53.4 Å². The number of nitrogens with one attached hydrogen (secondary N) is 1. The summed E-state index contributed by atoms with van der Waals surface area (Å²) in [4.78, 5) is 17.5. The van der Waals surface area contributed by atoms with E-state index in [9.17, 15) is 4.79 Å². The molecule has 0 spiro atoms. The molecule has 2 heterocycles. The third-order valence-electron chi connectivity index (χ3n) is 5.45. The minimum atomic E-state index is 0.114. The first kappa shape index (κ1) is 17.5. The molecular formula is C21H24ClN3O. The van der Waals surface area contributed by atoms with E-state index in [2.05, 4.69) is 10.2 Å². The zero-order valence-corrected chi connectivity index (χ0v) is 15.6. The maximum atomic E-state index is 13.0. The first-order valence-corrected chi connectivity index (χ1v) is 9.69. The van der Waals surface area contributed by atoms with Crippen molar-refractivity contribution >= 4 is 17.5 Å². The number of carbonyl (C=O) groups excluding carboxylic acids is 1. The van der Waals surface area contributed by atoms with E-state index in [1.54, 1.807) is 0 Å². The Labute approximate surface area is 159 Å². The molecule has 0 aliphatic carbocycles. The Balaban J connectivity index is 1.45. The lowest BCUT2D eigenvalue weighted by Gasteiger charge is -2.37. The molecule has 2 aromatic carbocycles. The van der Waals surface area contributed by atoms with E-state index in [4.69, 9.17) is 11.6 Å². The molecule has 136 valence electrons. The number of carbonyl (C=O) groups is 1. The molecule has 1 amide bonds. The number of hydrogen-bond acceptors (Lipinski definition) is 3. The topological polar surface area (TPSA) is 35.6 Å². The van der Waals surface area contributed by atoms with Crippen LogP contribution in [0.15, 0.2) is 48.5 Å². The number of benzene rings is 2. The highest BCUT2D eigenvalue weighted by atomic mass is 35.5. The molecule has 0 aromatic heterocycles. The Bertz CT molecular complexity index is 780. The van der Waals surface area contributed by atoms with Crippen LogP contribution in [0.3, 0.4) is 0 Å². The SMILES string of the molecule is O=C(c1cccc(-c2ccccc2Cl)c1)N1CCN(C2CCNC2)CC1. The zero-order valence-electron chi connectivity index (χ0n) is 14.8. The Morgan fingerprint density at radius 1 is 1.04 bits per heavy atom. The zero-order chi connectivity index (χ0) is 17.9. The predicted molar refractivity (Wildman–Crippen MR) is 106 cm³/mol. The highest BCUT2D eigenvalue weighted by Gasteiger charge is 2.28. The number of halogens is 1. The molecule has 1 atom stereocenters. The van der Waals surface area contributed by atoms with Gasteiger partial charge in [-0.3, -0.25) is 9.69 Å². The van der Waals surface area contributed by atoms with Crippen LogP contribution >= 0.6 is 11.6 Å². The molecule has 2 aromatic rings. The Kier molecular flexibility index (Phi) is 5.25. The number of hydrogen-bond donors (Lipinski definition) is 1. The van der Waals surface area contributed by atoms with Crippen molar-refractivity contribution < 1.29 is 4.79 Å². The summed E-state index contributed by atoms with van der Waals surface area (Å²) in [6.45, 7) is 5.70. The molecule has 2 aliphatic heterocycles. The fraction of sp³-hybridized carbons (Fsp3) is 0.381. The van der Waals surface area contributed by atoms with Gasteiger partial charge in [0.2, 0.25) is 0 Å². The summed E-state index contributed by atoms with van der Waals surface area (Å²) in [7, 11) is 0. The van der Waals surface area contributed by atoms with Gasteiger partial charge in [0.1, 0.15) is 0 Å². The quantitative estimate of drug-likeness (QED) is 0.902. The van der Waals surface area contributed by atoms with Crippen molar-refractivity contribution in [3.63, 3.8) is 0 Å². The Hall–Kier alpha value is -1.88. The van der Waals surface area contributed by atoms with E-state index in [-0.39, 0.29) is 5.91 Å². The summed E-state index contributed by atoms with van der Waals surface area (Å²) < 4.78 is 0. The van der Waals surface area contributed by atoms with Gasteiger partial charge in [0, 0.05) is 54.9 Å². The van der Waals surface area contributed by atoms with Gasteiger partial charge in [-0.2, -0.15) is 0 Å². The molecule has 4 rings (SSSR count). The van der Waals surface area contributed by atoms with Gasteiger partial charge in [0.05, 0.1) is 0 Å². The molecule has 26 heavy (non-hydrogen) atoms. The van der Waals surface area contributed by atoms with Gasteiger partial charge in [0.15, 0.2) is 0 Å². The fourth-order valence-corrected chi connectivity index (χ4v) is 4.18. The van der Waals surface area contributed by atoms with Crippen molar-refractivity contribution in [1.29, 1.82) is 0 Å². The summed E-state index contributed by atoms with van der Waals surface area (Å²) in [5.41, 5.74) is 2.68. The summed E-state index contributed by atoms with van der Waals surface area (Å²) in [5.74, 6) is 0.114. The molecule has 0 bridgehead atoms. The van der Waals surface area contributed by atoms with E-state index >= 15 is 0 Å². The Morgan fingerprint density at radius 3 is 2.58 bits per heavy atom. The fourth-order valence-electron chi connectivity index (χ4n) is 3.94. The third-order valence-corrected chi connectivity index (χ3v) is 5.78. The highest BCUT2D eigenvalue weighted by Crippen LogP contribution is 2.28. The maximum Gasteiger partial charge on any atom is 0.253 e. The van der Waals surface area contributed by atoms with Crippen LogP contribution in [0.5, 0.6) is 0 Å². The molecule has 1 N–H and O–H groups in total. The lowest BCUT2D eigenvalue weighted by molar-refractivity contribution is 0.0584. The predicted octanol–water partition coefficient (Wildman–Crippen LogP) is 3.13. The van der Waals surface area contributed by atoms with Crippen LogP contribution in [-0.4, -0.2) is 61.0 Å². The number of piperazine rings is 1. The maximum absolute atomic E-state index is 13.0. The first-order valence-electron chi connectivity index (χ1n) is 9.31. The minimum absolute atomic E-state index is 0.114. The largest absolute Gasteiger partial charge is 0.336 e. The third kappa shape index (κ3) is 3.63. The van der Waals surface area contributed by atoms with Crippen LogP contribution in [0, 0.1) is 0 Å². The van der Waals surface area contributed by atoms with Crippen LogP contribution < -0.4 is 5.32 Å². The number of rotatable bonds is 3. The monoisotopic (exact) mass is 369 g/mol. The average Bonchev–Trinajstić information content (AvgIpc) is 3.23. The standard InChI is InChI=1S/C21H24ClN3O/c22-20-7-2-1-6-19(20)16-4-3-5-17(14-16)21(26)25-12-10-24(11-13-25)18-8-9-23-15-18/h1-7,14,18,23H,8-13,15H2. The second kappa shape index (κ2) is 7.78. The van der Waals surface area contributed by atoms with Gasteiger partial charge < -0.3 is 10.2 Å². The second-order valence-electron chi connectivity index (χ2n) is 7.04. The van der Waals surface area contributed by atoms with Crippen LogP contribution in [0.25, 0.3) is 11.1 Å². The summed E-state index contributed by atoms with van der Waals surface area (Å²) in [5, 5.41) is 4.13. The normalized spacial score (nSPS) is 21.1. The van der Waals surface area contributed by atoms with Gasteiger partial charge in [-0.15, -0.1) is 0 Å². The average molecular weight is 370 g/mol. The summed E-state index contributed by atoms with van der Waals surface area (Å²) >= 11 is 6.31. The Morgan fingerprint density at radius 2 is 1.85 bits per heavy atom. The van der Waals surface area contributed by atoms with Crippen molar-refractivity contribution in [2.75, 3.05) is 39.3 Å². The molecule has 0 radical (unpaired) electrons. The lowest BCUT2D eigenvalue weighted by Crippen LogP contribution is -2.52. The van der Waals surface area contributed by atoms with Gasteiger partial charge in [-0.05, 0) is 36.7 Å². The van der Waals surface area contributed by atoms with E-state index in [0.29, 0.717) is 11.1 Å². The van der Waals surface area contributed by atoms with E-state index in [0.717, 1.165) is 56.0 Å². The van der Waals surface area contributed by atoms with Crippen LogP contribution in [0.2, 0.25) is 5.02 Å². The van der Waals surface area contributed by atoms with Crippen LogP contribution in [-0.2, 0) is 0 Å². The molecular weight excluding hydrogens is 346 g/mol. The summed E-state index contributed by atoms with van der Waals surface area (Å²) in [6.07, 6.45) is 1.22. The molecule has 2 aliphatic rings. The smallest absolute Gasteiger partial charge is 0.253 e. The van der Waals surface area contributed by atoms with Gasteiger partial charge in [0.25, 0.3) is 5.91 Å². The van der Waals surface area contributed by atoms with E-state index in [1.165, 1.54) is 6.42 Å². The van der Waals surface area contributed by atoms with Gasteiger partial charge in [-0.25, -0.2) is 0 Å². The van der Waals surface area contributed by atoms with Crippen molar-refractivity contribution in [3.05, 3.63) is 59.1 Å². The lowest BCUT2D eigenvalue weighted by atomic mass is 10.0. The van der Waals surface area contributed by atoms with Crippen LogP contribution in [0.4, 0.5) is 0 Å². The van der Waals surface area contributed by atoms with Crippen molar-refractivity contribution in [2.45, 2.75) is 12.5 Å².